The van der Waals surface area contributed by atoms with Gasteiger partial charge in [-0.1, -0.05) is 30.3 Å². The van der Waals surface area contributed by atoms with Crippen LogP contribution < -0.4 is 25.3 Å². The van der Waals surface area contributed by atoms with Gasteiger partial charge in [-0.05, 0) is 30.2 Å². The third-order valence-corrected chi connectivity index (χ3v) is 5.45. The lowest BCUT2D eigenvalue weighted by molar-refractivity contribution is -0.122. The maximum atomic E-state index is 12.3. The molecule has 1 amide bonds. The summed E-state index contributed by atoms with van der Waals surface area (Å²) >= 11 is 0. The van der Waals surface area contributed by atoms with Crippen LogP contribution in [0.4, 0.5) is 0 Å². The molecule has 0 aromatic heterocycles. The van der Waals surface area contributed by atoms with Gasteiger partial charge in [0.15, 0.2) is 11.5 Å². The molecular weight excluding hydrogens is 370 g/mol. The minimum Gasteiger partial charge on any atom is -0.492 e. The number of hydrogen-bond donors (Lipinski definition) is 2. The Labute approximate surface area is 170 Å². The number of hydrogen-bond acceptors (Lipinski definition) is 6. The Morgan fingerprint density at radius 2 is 1.97 bits per heavy atom. The van der Waals surface area contributed by atoms with E-state index in [1.54, 1.807) is 6.07 Å². The van der Waals surface area contributed by atoms with Crippen LogP contribution in [-0.4, -0.2) is 56.9 Å². The van der Waals surface area contributed by atoms with Crippen molar-refractivity contribution in [1.29, 1.82) is 0 Å². The second-order valence-electron chi connectivity index (χ2n) is 7.42. The number of amides is 1. The van der Waals surface area contributed by atoms with Gasteiger partial charge in [-0.15, -0.1) is 0 Å². The van der Waals surface area contributed by atoms with Gasteiger partial charge in [0.25, 0.3) is 0 Å². The second kappa shape index (κ2) is 9.15. The van der Waals surface area contributed by atoms with Gasteiger partial charge in [0.2, 0.25) is 12.7 Å². The van der Waals surface area contributed by atoms with Crippen LogP contribution in [0.1, 0.15) is 11.5 Å². The van der Waals surface area contributed by atoms with Gasteiger partial charge in [-0.25, -0.2) is 0 Å². The maximum Gasteiger partial charge on any atom is 0.234 e. The molecule has 2 heterocycles. The van der Waals surface area contributed by atoms with Gasteiger partial charge >= 0.3 is 0 Å². The molecular formula is C22H27N3O4. The minimum absolute atomic E-state index is 0.00349. The van der Waals surface area contributed by atoms with Crippen LogP contribution in [0.2, 0.25) is 0 Å². The zero-order valence-electron chi connectivity index (χ0n) is 16.4. The lowest BCUT2D eigenvalue weighted by atomic mass is 9.89. The average molecular weight is 397 g/mol. The van der Waals surface area contributed by atoms with E-state index in [9.17, 15) is 4.79 Å². The van der Waals surface area contributed by atoms with Crippen molar-refractivity contribution < 1.29 is 19.0 Å². The highest BCUT2D eigenvalue weighted by molar-refractivity contribution is 5.78. The fourth-order valence-corrected chi connectivity index (χ4v) is 3.99. The first-order valence-electron chi connectivity index (χ1n) is 9.99. The molecule has 2 aromatic carbocycles. The van der Waals surface area contributed by atoms with Crippen LogP contribution in [-0.2, 0) is 4.79 Å². The molecule has 2 aliphatic rings. The number of benzene rings is 2. The van der Waals surface area contributed by atoms with Gasteiger partial charge < -0.3 is 25.3 Å². The highest BCUT2D eigenvalue weighted by atomic mass is 16.7. The van der Waals surface area contributed by atoms with E-state index in [0.717, 1.165) is 18.8 Å². The molecule has 2 aromatic rings. The zero-order chi connectivity index (χ0) is 20.1. The number of carbonyl (C=O) groups excluding carboxylic acids is 1. The summed E-state index contributed by atoms with van der Waals surface area (Å²) in [5.41, 5.74) is 7.28. The highest BCUT2D eigenvalue weighted by Crippen LogP contribution is 2.35. The lowest BCUT2D eigenvalue weighted by Crippen LogP contribution is -2.38. The summed E-state index contributed by atoms with van der Waals surface area (Å²) in [7, 11) is 0. The number of ether oxygens (including phenoxy) is 3. The van der Waals surface area contributed by atoms with Crippen molar-refractivity contribution in [2.24, 2.45) is 11.7 Å². The largest absolute Gasteiger partial charge is 0.492 e. The molecule has 0 aliphatic carbocycles. The lowest BCUT2D eigenvalue weighted by Gasteiger charge is -2.16. The predicted octanol–water partition coefficient (Wildman–Crippen LogP) is 1.58. The highest BCUT2D eigenvalue weighted by Gasteiger charge is 2.33. The van der Waals surface area contributed by atoms with E-state index >= 15 is 0 Å². The molecule has 2 aliphatic heterocycles. The smallest absolute Gasteiger partial charge is 0.234 e. The molecule has 0 unspecified atom stereocenters. The fraction of sp³-hybridized carbons (Fsp3) is 0.409. The van der Waals surface area contributed by atoms with Gasteiger partial charge in [-0.3, -0.25) is 9.69 Å². The topological polar surface area (TPSA) is 86.1 Å². The second-order valence-corrected chi connectivity index (χ2v) is 7.42. The fourth-order valence-electron chi connectivity index (χ4n) is 3.99. The van der Waals surface area contributed by atoms with Crippen molar-refractivity contribution in [2.45, 2.75) is 5.92 Å². The number of nitrogens with two attached hydrogens (primary N) is 1. The Hall–Kier alpha value is -2.77. The molecule has 1 saturated heterocycles. The third-order valence-electron chi connectivity index (χ3n) is 5.45. The Morgan fingerprint density at radius 1 is 1.14 bits per heavy atom. The van der Waals surface area contributed by atoms with Gasteiger partial charge in [0.05, 0.1) is 13.1 Å². The average Bonchev–Trinajstić information content (AvgIpc) is 3.38. The van der Waals surface area contributed by atoms with Crippen LogP contribution >= 0.6 is 0 Å². The summed E-state index contributed by atoms with van der Waals surface area (Å²) in [4.78, 5) is 14.5. The summed E-state index contributed by atoms with van der Waals surface area (Å²) in [6.07, 6.45) is 0. The molecule has 0 saturated carbocycles. The standard InChI is InChI=1S/C22H27N3O4/c23-11-17-12-25(13-19(17)16-4-2-1-3-5-16)14-22(26)24-8-9-27-18-6-7-20-21(10-18)29-15-28-20/h1-7,10,17,19H,8-9,11-15,23H2,(H,24,26)/t17-,19+/m1/s1. The molecule has 7 nitrogen and oxygen atoms in total. The summed E-state index contributed by atoms with van der Waals surface area (Å²) in [6, 6.07) is 15.9. The van der Waals surface area contributed by atoms with Crippen LogP contribution in [0.5, 0.6) is 17.2 Å². The Morgan fingerprint density at radius 3 is 2.79 bits per heavy atom. The SMILES string of the molecule is NC[C@@H]1CN(CC(=O)NCCOc2ccc3c(c2)OCO3)C[C@H]1c1ccccc1. The molecule has 2 atom stereocenters. The Balaban J connectivity index is 1.20. The molecule has 29 heavy (non-hydrogen) atoms. The summed E-state index contributed by atoms with van der Waals surface area (Å²) in [5.74, 6) is 2.86. The van der Waals surface area contributed by atoms with E-state index in [2.05, 4.69) is 34.5 Å². The first-order valence-corrected chi connectivity index (χ1v) is 9.99. The predicted molar refractivity (Wildman–Crippen MR) is 109 cm³/mol. The van der Waals surface area contributed by atoms with Gasteiger partial charge in [0.1, 0.15) is 12.4 Å². The Kier molecular flexibility index (Phi) is 6.17. The first-order chi connectivity index (χ1) is 14.2. The molecule has 3 N–H and O–H groups in total. The van der Waals surface area contributed by atoms with E-state index in [-0.39, 0.29) is 12.7 Å². The number of carbonyl (C=O) groups is 1. The van der Waals surface area contributed by atoms with Crippen LogP contribution in [0, 0.1) is 5.92 Å². The number of nitrogens with one attached hydrogen (secondary N) is 1. The number of nitrogens with zero attached hydrogens (tertiary/aromatic N) is 1. The van der Waals surface area contributed by atoms with E-state index in [1.165, 1.54) is 5.56 Å². The van der Waals surface area contributed by atoms with Crippen molar-refractivity contribution in [1.82, 2.24) is 10.2 Å². The van der Waals surface area contributed by atoms with Crippen molar-refractivity contribution in [3.8, 4) is 17.2 Å². The third kappa shape index (κ3) is 4.81. The number of likely N-dealkylation sites (tertiary alicyclic amines) is 1. The number of fused-ring (bicyclic) bond motifs is 1. The quantitative estimate of drug-likeness (QED) is 0.658. The van der Waals surface area contributed by atoms with Crippen LogP contribution in [0.15, 0.2) is 48.5 Å². The summed E-state index contributed by atoms with van der Waals surface area (Å²) < 4.78 is 16.3. The van der Waals surface area contributed by atoms with E-state index in [4.69, 9.17) is 19.9 Å². The van der Waals surface area contributed by atoms with Crippen molar-refractivity contribution in [2.75, 3.05) is 46.1 Å². The van der Waals surface area contributed by atoms with E-state index < -0.39 is 0 Å². The monoisotopic (exact) mass is 397 g/mol. The zero-order valence-corrected chi connectivity index (χ0v) is 16.4. The van der Waals surface area contributed by atoms with Crippen LogP contribution in [0.3, 0.4) is 0 Å². The van der Waals surface area contributed by atoms with Crippen molar-refractivity contribution >= 4 is 5.91 Å². The molecule has 4 rings (SSSR count). The van der Waals surface area contributed by atoms with Gasteiger partial charge in [0, 0.05) is 25.1 Å². The van der Waals surface area contributed by atoms with E-state index in [1.807, 2.05) is 18.2 Å². The van der Waals surface area contributed by atoms with Crippen LogP contribution in [0.25, 0.3) is 0 Å². The van der Waals surface area contributed by atoms with E-state index in [0.29, 0.717) is 49.6 Å². The molecule has 7 heteroatoms. The molecule has 1 fully saturated rings. The minimum atomic E-state index is 0.00349. The van der Waals surface area contributed by atoms with Crippen molar-refractivity contribution in [3.05, 3.63) is 54.1 Å². The van der Waals surface area contributed by atoms with Crippen molar-refractivity contribution in [3.63, 3.8) is 0 Å². The molecule has 0 spiro atoms. The van der Waals surface area contributed by atoms with Gasteiger partial charge in [-0.2, -0.15) is 0 Å². The number of rotatable bonds is 8. The first kappa shape index (κ1) is 19.5. The molecule has 0 bridgehead atoms. The molecule has 154 valence electrons. The maximum absolute atomic E-state index is 12.3. The molecule has 0 radical (unpaired) electrons. The normalized spacial score (nSPS) is 20.6. The Bertz CT molecular complexity index is 830. The summed E-state index contributed by atoms with van der Waals surface area (Å²) in [6.45, 7) is 3.78. The summed E-state index contributed by atoms with van der Waals surface area (Å²) in [5, 5.41) is 2.93.